The number of carbonyl (C=O) groups is 1. The van der Waals surface area contributed by atoms with E-state index < -0.39 is 0 Å². The third-order valence-electron chi connectivity index (χ3n) is 4.26. The minimum Gasteiger partial charge on any atom is -0.368 e. The van der Waals surface area contributed by atoms with Gasteiger partial charge in [-0.2, -0.15) is 0 Å². The number of piperidine rings is 1. The molecule has 1 aromatic carbocycles. The predicted molar refractivity (Wildman–Crippen MR) is 83.9 cm³/mol. The second-order valence-electron chi connectivity index (χ2n) is 5.93. The molecule has 0 N–H and O–H groups in total. The van der Waals surface area contributed by atoms with E-state index in [1.807, 2.05) is 6.07 Å². The Morgan fingerprint density at radius 2 is 2.00 bits per heavy atom. The largest absolute Gasteiger partial charge is 0.368 e. The highest BCUT2D eigenvalue weighted by molar-refractivity contribution is 9.10. The number of anilines is 1. The van der Waals surface area contributed by atoms with Gasteiger partial charge in [-0.15, -0.1) is 0 Å². The van der Waals surface area contributed by atoms with E-state index >= 15 is 0 Å². The fourth-order valence-corrected chi connectivity index (χ4v) is 3.67. The van der Waals surface area contributed by atoms with E-state index in [4.69, 9.17) is 0 Å². The van der Waals surface area contributed by atoms with Crippen LogP contribution in [0.25, 0.3) is 0 Å². The average molecular weight is 324 g/mol. The van der Waals surface area contributed by atoms with Crippen LogP contribution in [-0.2, 0) is 0 Å². The Morgan fingerprint density at radius 3 is 2.58 bits per heavy atom. The van der Waals surface area contributed by atoms with E-state index in [0.29, 0.717) is 12.0 Å². The predicted octanol–water partition coefficient (Wildman–Crippen LogP) is 4.52. The van der Waals surface area contributed by atoms with Crippen LogP contribution in [0.2, 0.25) is 0 Å². The zero-order chi connectivity index (χ0) is 14.2. The van der Waals surface area contributed by atoms with Crippen LogP contribution in [0.4, 0.5) is 5.69 Å². The number of nitrogens with zero attached hydrogens (tertiary/aromatic N) is 1. The summed E-state index contributed by atoms with van der Waals surface area (Å²) in [6.45, 7) is 9.63. The van der Waals surface area contributed by atoms with Crippen molar-refractivity contribution in [3.8, 4) is 0 Å². The lowest BCUT2D eigenvalue weighted by Crippen LogP contribution is -2.45. The molecule has 3 unspecified atom stereocenters. The van der Waals surface area contributed by atoms with Crippen molar-refractivity contribution in [1.82, 2.24) is 0 Å². The SMILES string of the molecule is CC(=O)c1ccc(N2CC(C)CC(C)C2C)cc1Br. The lowest BCUT2D eigenvalue weighted by molar-refractivity contribution is 0.101. The highest BCUT2D eigenvalue weighted by atomic mass is 79.9. The third kappa shape index (κ3) is 3.02. The van der Waals surface area contributed by atoms with Gasteiger partial charge in [0.15, 0.2) is 5.78 Å². The van der Waals surface area contributed by atoms with Crippen LogP contribution in [0.15, 0.2) is 22.7 Å². The summed E-state index contributed by atoms with van der Waals surface area (Å²) in [5, 5.41) is 0. The van der Waals surface area contributed by atoms with Crippen LogP contribution >= 0.6 is 15.9 Å². The van der Waals surface area contributed by atoms with E-state index in [2.05, 4.69) is 53.7 Å². The maximum atomic E-state index is 11.5. The van der Waals surface area contributed by atoms with E-state index in [1.165, 1.54) is 12.1 Å². The van der Waals surface area contributed by atoms with Crippen molar-refractivity contribution in [2.24, 2.45) is 11.8 Å². The lowest BCUT2D eigenvalue weighted by Gasteiger charge is -2.42. The Hall–Kier alpha value is -0.830. The van der Waals surface area contributed by atoms with Gasteiger partial charge in [-0.25, -0.2) is 0 Å². The first-order chi connectivity index (χ1) is 8.90. The van der Waals surface area contributed by atoms with Gasteiger partial charge in [-0.1, -0.05) is 13.8 Å². The summed E-state index contributed by atoms with van der Waals surface area (Å²) in [6.07, 6.45) is 1.30. The first-order valence-electron chi connectivity index (χ1n) is 6.97. The summed E-state index contributed by atoms with van der Waals surface area (Å²) in [7, 11) is 0. The minimum atomic E-state index is 0.104. The quantitative estimate of drug-likeness (QED) is 0.745. The summed E-state index contributed by atoms with van der Waals surface area (Å²) in [5.41, 5.74) is 1.97. The third-order valence-corrected chi connectivity index (χ3v) is 4.92. The van der Waals surface area contributed by atoms with Crippen LogP contribution in [0, 0.1) is 11.8 Å². The molecule has 1 aromatic rings. The van der Waals surface area contributed by atoms with Gasteiger partial charge in [-0.05, 0) is 66.2 Å². The summed E-state index contributed by atoms with van der Waals surface area (Å²) >= 11 is 3.52. The number of rotatable bonds is 2. The van der Waals surface area contributed by atoms with Gasteiger partial charge in [0, 0.05) is 28.3 Å². The molecule has 1 aliphatic heterocycles. The first kappa shape index (κ1) is 14.6. The first-order valence-corrected chi connectivity index (χ1v) is 7.76. The number of halogens is 1. The minimum absolute atomic E-state index is 0.104. The molecule has 0 aliphatic carbocycles. The summed E-state index contributed by atoms with van der Waals surface area (Å²) in [5.74, 6) is 1.53. The molecule has 3 atom stereocenters. The van der Waals surface area contributed by atoms with Gasteiger partial charge >= 0.3 is 0 Å². The Kier molecular flexibility index (Phi) is 4.34. The maximum Gasteiger partial charge on any atom is 0.160 e. The molecule has 0 saturated carbocycles. The second kappa shape index (κ2) is 5.66. The van der Waals surface area contributed by atoms with E-state index in [0.717, 1.165) is 22.5 Å². The summed E-state index contributed by atoms with van der Waals surface area (Å²) in [4.78, 5) is 13.9. The van der Waals surface area contributed by atoms with Gasteiger partial charge in [0.25, 0.3) is 0 Å². The fourth-order valence-electron chi connectivity index (χ4n) is 3.02. The van der Waals surface area contributed by atoms with E-state index in [9.17, 15) is 4.79 Å². The summed E-state index contributed by atoms with van der Waals surface area (Å²) in [6, 6.07) is 6.63. The standard InChI is InChI=1S/C16H22BrNO/c1-10-7-11(2)12(3)18(9-10)14-5-6-15(13(4)19)16(17)8-14/h5-6,8,10-12H,7,9H2,1-4H3. The Morgan fingerprint density at radius 1 is 1.32 bits per heavy atom. The van der Waals surface area contributed by atoms with Crippen LogP contribution in [0.5, 0.6) is 0 Å². The van der Waals surface area contributed by atoms with Crippen molar-refractivity contribution in [3.05, 3.63) is 28.2 Å². The van der Waals surface area contributed by atoms with Gasteiger partial charge in [0.2, 0.25) is 0 Å². The zero-order valence-electron chi connectivity index (χ0n) is 12.1. The van der Waals surface area contributed by atoms with Gasteiger partial charge in [0.1, 0.15) is 0 Å². The van der Waals surface area contributed by atoms with Crippen LogP contribution in [0.3, 0.4) is 0 Å². The maximum absolute atomic E-state index is 11.5. The molecule has 0 radical (unpaired) electrons. The van der Waals surface area contributed by atoms with Crippen LogP contribution in [-0.4, -0.2) is 18.4 Å². The van der Waals surface area contributed by atoms with Crippen molar-refractivity contribution in [2.75, 3.05) is 11.4 Å². The molecule has 0 aromatic heterocycles. The molecule has 1 fully saturated rings. The van der Waals surface area contributed by atoms with Crippen molar-refractivity contribution >= 4 is 27.4 Å². The highest BCUT2D eigenvalue weighted by Gasteiger charge is 2.29. The fraction of sp³-hybridized carbons (Fsp3) is 0.562. The van der Waals surface area contributed by atoms with Crippen molar-refractivity contribution < 1.29 is 4.79 Å². The van der Waals surface area contributed by atoms with E-state index in [1.54, 1.807) is 6.92 Å². The van der Waals surface area contributed by atoms with Gasteiger partial charge in [-0.3, -0.25) is 4.79 Å². The van der Waals surface area contributed by atoms with Crippen LogP contribution in [0.1, 0.15) is 44.5 Å². The molecule has 3 heteroatoms. The van der Waals surface area contributed by atoms with Crippen LogP contribution < -0.4 is 4.90 Å². The number of ketones is 1. The lowest BCUT2D eigenvalue weighted by atomic mass is 9.85. The van der Waals surface area contributed by atoms with Gasteiger partial charge < -0.3 is 4.90 Å². The Balaban J connectivity index is 2.31. The zero-order valence-corrected chi connectivity index (χ0v) is 13.7. The highest BCUT2D eigenvalue weighted by Crippen LogP contribution is 2.33. The van der Waals surface area contributed by atoms with Gasteiger partial charge in [0.05, 0.1) is 0 Å². The monoisotopic (exact) mass is 323 g/mol. The number of hydrogen-bond donors (Lipinski definition) is 0. The smallest absolute Gasteiger partial charge is 0.160 e. The molecule has 0 spiro atoms. The Labute approximate surface area is 124 Å². The average Bonchev–Trinajstić information content (AvgIpc) is 2.33. The number of hydrogen-bond acceptors (Lipinski definition) is 2. The van der Waals surface area contributed by atoms with E-state index in [-0.39, 0.29) is 5.78 Å². The molecule has 1 aliphatic rings. The second-order valence-corrected chi connectivity index (χ2v) is 6.79. The molecule has 2 rings (SSSR count). The molecule has 2 nitrogen and oxygen atoms in total. The van der Waals surface area contributed by atoms with Crippen molar-refractivity contribution in [3.63, 3.8) is 0 Å². The molecule has 0 bridgehead atoms. The number of carbonyl (C=O) groups excluding carboxylic acids is 1. The summed E-state index contributed by atoms with van der Waals surface area (Å²) < 4.78 is 0.899. The molecule has 19 heavy (non-hydrogen) atoms. The molecule has 1 saturated heterocycles. The van der Waals surface area contributed by atoms with Crippen molar-refractivity contribution in [1.29, 1.82) is 0 Å². The molecule has 1 heterocycles. The molecule has 0 amide bonds. The Bertz CT molecular complexity index is 486. The molecule has 104 valence electrons. The van der Waals surface area contributed by atoms with Crippen molar-refractivity contribution in [2.45, 2.75) is 40.2 Å². The normalized spacial score (nSPS) is 27.4. The molecular formula is C16H22BrNO. The number of Topliss-reactive ketones (excluding diaryl/α,β-unsaturated/α-hetero) is 1. The number of benzene rings is 1. The topological polar surface area (TPSA) is 20.3 Å². The molecular weight excluding hydrogens is 302 g/mol.